The van der Waals surface area contributed by atoms with E-state index in [0.29, 0.717) is 6.04 Å². The zero-order chi connectivity index (χ0) is 10.7. The van der Waals surface area contributed by atoms with Crippen LogP contribution in [0.15, 0.2) is 18.5 Å². The van der Waals surface area contributed by atoms with E-state index in [9.17, 15) is 4.79 Å². The minimum Gasteiger partial charge on any atom is -0.480 e. The first-order valence-electron chi connectivity index (χ1n) is 5.19. The van der Waals surface area contributed by atoms with Gasteiger partial charge in [0.05, 0.1) is 13.1 Å². The first kappa shape index (κ1) is 10.2. The second-order valence-electron chi connectivity index (χ2n) is 3.89. The summed E-state index contributed by atoms with van der Waals surface area (Å²) in [5.74, 6) is -0.748. The Bertz CT molecular complexity index is 323. The average molecular weight is 209 g/mol. The van der Waals surface area contributed by atoms with E-state index in [1.165, 1.54) is 0 Å². The summed E-state index contributed by atoms with van der Waals surface area (Å²) < 4.78 is 1.87. The minimum atomic E-state index is -0.748. The first-order chi connectivity index (χ1) is 7.25. The van der Waals surface area contributed by atoms with Crippen molar-refractivity contribution in [2.45, 2.75) is 25.4 Å². The standard InChI is InChI=1S/C10H15N3O2/c14-10(15)8-12-5-1-3-9(12)7-13-6-2-4-11-13/h2,4,6,9H,1,3,5,7-8H2,(H,14,15)/t9-/m0/s1. The molecule has 1 aromatic rings. The van der Waals surface area contributed by atoms with Gasteiger partial charge in [0.15, 0.2) is 0 Å². The van der Waals surface area contributed by atoms with Gasteiger partial charge >= 0.3 is 5.97 Å². The van der Waals surface area contributed by atoms with Crippen LogP contribution in [-0.4, -0.2) is 44.9 Å². The Morgan fingerprint density at radius 3 is 3.13 bits per heavy atom. The number of nitrogens with zero attached hydrogens (tertiary/aromatic N) is 3. The van der Waals surface area contributed by atoms with Crippen molar-refractivity contribution < 1.29 is 9.90 Å². The summed E-state index contributed by atoms with van der Waals surface area (Å²) in [7, 11) is 0. The van der Waals surface area contributed by atoms with E-state index in [1.807, 2.05) is 21.8 Å². The molecule has 0 bridgehead atoms. The SMILES string of the molecule is O=C(O)CN1CCC[C@H]1Cn1cccn1. The van der Waals surface area contributed by atoms with E-state index in [4.69, 9.17) is 5.11 Å². The van der Waals surface area contributed by atoms with Crippen LogP contribution in [0.2, 0.25) is 0 Å². The molecule has 1 atom stereocenters. The van der Waals surface area contributed by atoms with E-state index in [0.717, 1.165) is 25.9 Å². The Morgan fingerprint density at radius 1 is 1.60 bits per heavy atom. The van der Waals surface area contributed by atoms with Crippen LogP contribution in [0.5, 0.6) is 0 Å². The van der Waals surface area contributed by atoms with Gasteiger partial charge in [-0.1, -0.05) is 0 Å². The second-order valence-corrected chi connectivity index (χ2v) is 3.89. The molecular formula is C10H15N3O2. The number of carbonyl (C=O) groups is 1. The van der Waals surface area contributed by atoms with Gasteiger partial charge in [0.25, 0.3) is 0 Å². The number of aliphatic carboxylic acids is 1. The van der Waals surface area contributed by atoms with Gasteiger partial charge in [0.2, 0.25) is 0 Å². The molecule has 1 fully saturated rings. The Labute approximate surface area is 88.3 Å². The zero-order valence-electron chi connectivity index (χ0n) is 8.54. The van der Waals surface area contributed by atoms with Crippen molar-refractivity contribution in [2.24, 2.45) is 0 Å². The molecule has 1 N–H and O–H groups in total. The van der Waals surface area contributed by atoms with Gasteiger partial charge in [0.1, 0.15) is 0 Å². The normalized spacial score (nSPS) is 22.0. The van der Waals surface area contributed by atoms with Crippen molar-refractivity contribution in [2.75, 3.05) is 13.1 Å². The quantitative estimate of drug-likeness (QED) is 0.781. The van der Waals surface area contributed by atoms with Gasteiger partial charge in [-0.2, -0.15) is 5.10 Å². The number of carboxylic acids is 1. The van der Waals surface area contributed by atoms with Gasteiger partial charge in [-0.3, -0.25) is 14.4 Å². The van der Waals surface area contributed by atoms with Crippen LogP contribution in [0, 0.1) is 0 Å². The van der Waals surface area contributed by atoms with Crippen LogP contribution in [0.1, 0.15) is 12.8 Å². The van der Waals surface area contributed by atoms with E-state index in [2.05, 4.69) is 5.10 Å². The number of hydrogen-bond acceptors (Lipinski definition) is 3. The summed E-state index contributed by atoms with van der Waals surface area (Å²) in [6.07, 6.45) is 5.81. The molecule has 0 aromatic carbocycles. The molecule has 2 heterocycles. The van der Waals surface area contributed by atoms with Gasteiger partial charge in [-0.05, 0) is 25.5 Å². The van der Waals surface area contributed by atoms with E-state index in [-0.39, 0.29) is 6.54 Å². The van der Waals surface area contributed by atoms with Crippen LogP contribution >= 0.6 is 0 Å². The molecule has 5 heteroatoms. The molecule has 1 aliphatic heterocycles. The summed E-state index contributed by atoms with van der Waals surface area (Å²) in [5.41, 5.74) is 0. The molecular weight excluding hydrogens is 194 g/mol. The fourth-order valence-corrected chi connectivity index (χ4v) is 2.11. The van der Waals surface area contributed by atoms with Crippen LogP contribution in [0.25, 0.3) is 0 Å². The van der Waals surface area contributed by atoms with Crippen molar-refractivity contribution in [3.63, 3.8) is 0 Å². The molecule has 1 aromatic heterocycles. The number of aromatic nitrogens is 2. The van der Waals surface area contributed by atoms with Crippen molar-refractivity contribution in [1.82, 2.24) is 14.7 Å². The molecule has 1 saturated heterocycles. The first-order valence-corrected chi connectivity index (χ1v) is 5.19. The highest BCUT2D eigenvalue weighted by Gasteiger charge is 2.26. The van der Waals surface area contributed by atoms with Crippen LogP contribution < -0.4 is 0 Å². The molecule has 0 aliphatic carbocycles. The molecule has 0 unspecified atom stereocenters. The van der Waals surface area contributed by atoms with Gasteiger partial charge in [-0.15, -0.1) is 0 Å². The van der Waals surface area contributed by atoms with Crippen LogP contribution in [-0.2, 0) is 11.3 Å². The smallest absolute Gasteiger partial charge is 0.317 e. The maximum absolute atomic E-state index is 10.6. The second kappa shape index (κ2) is 4.44. The lowest BCUT2D eigenvalue weighted by molar-refractivity contribution is -0.138. The number of hydrogen-bond donors (Lipinski definition) is 1. The van der Waals surface area contributed by atoms with E-state index in [1.54, 1.807) is 6.20 Å². The monoisotopic (exact) mass is 209 g/mol. The molecule has 0 saturated carbocycles. The number of likely N-dealkylation sites (tertiary alicyclic amines) is 1. The average Bonchev–Trinajstić information content (AvgIpc) is 2.78. The lowest BCUT2D eigenvalue weighted by Gasteiger charge is -2.22. The molecule has 15 heavy (non-hydrogen) atoms. The highest BCUT2D eigenvalue weighted by molar-refractivity contribution is 5.69. The van der Waals surface area contributed by atoms with Crippen molar-refractivity contribution in [3.8, 4) is 0 Å². The van der Waals surface area contributed by atoms with Crippen molar-refractivity contribution in [1.29, 1.82) is 0 Å². The Hall–Kier alpha value is -1.36. The van der Waals surface area contributed by atoms with Crippen molar-refractivity contribution in [3.05, 3.63) is 18.5 Å². The molecule has 2 rings (SSSR count). The van der Waals surface area contributed by atoms with Crippen LogP contribution in [0.3, 0.4) is 0 Å². The summed E-state index contributed by atoms with van der Waals surface area (Å²) in [6, 6.07) is 2.21. The predicted octanol–water partition coefficient (Wildman–Crippen LogP) is 0.432. The molecule has 5 nitrogen and oxygen atoms in total. The summed E-state index contributed by atoms with van der Waals surface area (Å²) in [6.45, 7) is 1.82. The summed E-state index contributed by atoms with van der Waals surface area (Å²) >= 11 is 0. The molecule has 0 radical (unpaired) electrons. The zero-order valence-corrected chi connectivity index (χ0v) is 8.54. The van der Waals surface area contributed by atoms with Gasteiger partial charge < -0.3 is 5.11 Å². The van der Waals surface area contributed by atoms with Crippen molar-refractivity contribution >= 4 is 5.97 Å². The van der Waals surface area contributed by atoms with Crippen LogP contribution in [0.4, 0.5) is 0 Å². The largest absolute Gasteiger partial charge is 0.480 e. The Balaban J connectivity index is 1.93. The fourth-order valence-electron chi connectivity index (χ4n) is 2.11. The topological polar surface area (TPSA) is 58.4 Å². The van der Waals surface area contributed by atoms with E-state index >= 15 is 0 Å². The third kappa shape index (κ3) is 2.56. The lowest BCUT2D eigenvalue weighted by Crippen LogP contribution is -2.36. The Morgan fingerprint density at radius 2 is 2.47 bits per heavy atom. The lowest BCUT2D eigenvalue weighted by atomic mass is 10.2. The number of rotatable bonds is 4. The summed E-state index contributed by atoms with van der Waals surface area (Å²) in [4.78, 5) is 12.7. The third-order valence-corrected chi connectivity index (χ3v) is 2.79. The molecule has 82 valence electrons. The maximum Gasteiger partial charge on any atom is 0.317 e. The summed E-state index contributed by atoms with van der Waals surface area (Å²) in [5, 5.41) is 12.9. The molecule has 0 amide bonds. The number of carboxylic acid groups (broad SMARTS) is 1. The molecule has 0 spiro atoms. The van der Waals surface area contributed by atoms with Gasteiger partial charge in [0, 0.05) is 18.4 Å². The minimum absolute atomic E-state index is 0.145. The van der Waals surface area contributed by atoms with Gasteiger partial charge in [-0.25, -0.2) is 0 Å². The highest BCUT2D eigenvalue weighted by Crippen LogP contribution is 2.17. The fraction of sp³-hybridized carbons (Fsp3) is 0.600. The third-order valence-electron chi connectivity index (χ3n) is 2.79. The Kier molecular flexibility index (Phi) is 3.01. The van der Waals surface area contributed by atoms with E-state index < -0.39 is 5.97 Å². The maximum atomic E-state index is 10.6. The predicted molar refractivity (Wildman–Crippen MR) is 54.5 cm³/mol. The highest BCUT2D eigenvalue weighted by atomic mass is 16.4. The molecule has 1 aliphatic rings.